The van der Waals surface area contributed by atoms with Crippen molar-refractivity contribution in [3.8, 4) is 0 Å². The molecule has 2 atom stereocenters. The lowest BCUT2D eigenvalue weighted by Crippen LogP contribution is -2.33. The lowest BCUT2D eigenvalue weighted by atomic mass is 10.0. The highest BCUT2D eigenvalue weighted by Gasteiger charge is 2.06. The molecule has 0 bridgehead atoms. The summed E-state index contributed by atoms with van der Waals surface area (Å²) in [5.74, 6) is 0.741. The van der Waals surface area contributed by atoms with Crippen LogP contribution in [-0.4, -0.2) is 28.8 Å². The second-order valence-electron chi connectivity index (χ2n) is 4.03. The molecule has 0 aliphatic heterocycles. The lowest BCUT2D eigenvalue weighted by Gasteiger charge is -2.16. The fourth-order valence-corrected chi connectivity index (χ4v) is 2.07. The van der Waals surface area contributed by atoms with E-state index in [9.17, 15) is 4.21 Å². The molecule has 0 aromatic heterocycles. The normalized spacial score (nSPS) is 14.6. The summed E-state index contributed by atoms with van der Waals surface area (Å²) in [6.45, 7) is 3.03. The second-order valence-corrected chi connectivity index (χ2v) is 5.58. The molecule has 0 radical (unpaired) electrons. The highest BCUT2D eigenvalue weighted by atomic mass is 32.2. The molecule has 0 saturated carbocycles. The van der Waals surface area contributed by atoms with Crippen LogP contribution in [0.25, 0.3) is 0 Å². The number of hydrogen-bond donors (Lipinski definition) is 1. The molecule has 0 saturated heterocycles. The Bertz CT molecular complexity index is 313. The van der Waals surface area contributed by atoms with E-state index in [2.05, 4.69) is 36.5 Å². The van der Waals surface area contributed by atoms with E-state index in [4.69, 9.17) is 0 Å². The Kier molecular flexibility index (Phi) is 6.34. The predicted molar refractivity (Wildman–Crippen MR) is 71.2 cm³/mol. The molecule has 0 aliphatic carbocycles. The van der Waals surface area contributed by atoms with E-state index in [-0.39, 0.29) is 0 Å². The summed E-state index contributed by atoms with van der Waals surface area (Å²) in [6, 6.07) is 11.0. The van der Waals surface area contributed by atoms with Gasteiger partial charge < -0.3 is 5.32 Å². The van der Waals surface area contributed by atoms with E-state index in [0.29, 0.717) is 6.04 Å². The number of hydrogen-bond acceptors (Lipinski definition) is 2. The largest absolute Gasteiger partial charge is 0.313 e. The molecule has 0 fully saturated rings. The van der Waals surface area contributed by atoms with Crippen LogP contribution in [0.1, 0.15) is 18.9 Å². The average molecular weight is 239 g/mol. The van der Waals surface area contributed by atoms with Crippen LogP contribution in [0.15, 0.2) is 30.3 Å². The van der Waals surface area contributed by atoms with Crippen LogP contribution in [0.4, 0.5) is 0 Å². The lowest BCUT2D eigenvalue weighted by molar-refractivity contribution is 0.511. The monoisotopic (exact) mass is 239 g/mol. The van der Waals surface area contributed by atoms with Gasteiger partial charge in [-0.25, -0.2) is 0 Å². The van der Waals surface area contributed by atoms with Gasteiger partial charge in [0, 0.05) is 35.4 Å². The molecule has 0 amide bonds. The molecule has 0 heterocycles. The first-order valence-corrected chi connectivity index (χ1v) is 7.52. The van der Waals surface area contributed by atoms with Gasteiger partial charge in [0.15, 0.2) is 0 Å². The molecule has 1 aromatic carbocycles. The third-order valence-corrected chi connectivity index (χ3v) is 3.42. The number of rotatable bonds is 7. The van der Waals surface area contributed by atoms with E-state index >= 15 is 0 Å². The van der Waals surface area contributed by atoms with Gasteiger partial charge in [-0.05, 0) is 18.4 Å². The molecule has 1 aromatic rings. The van der Waals surface area contributed by atoms with Gasteiger partial charge >= 0.3 is 0 Å². The van der Waals surface area contributed by atoms with Crippen LogP contribution in [0.3, 0.4) is 0 Å². The van der Waals surface area contributed by atoms with Crippen molar-refractivity contribution in [2.45, 2.75) is 25.8 Å². The molecule has 0 spiro atoms. The maximum Gasteiger partial charge on any atom is 0.0357 e. The summed E-state index contributed by atoms with van der Waals surface area (Å²) in [4.78, 5) is 0. The fraction of sp³-hybridized carbons (Fsp3) is 0.538. The summed E-state index contributed by atoms with van der Waals surface area (Å²) in [7, 11) is -0.693. The zero-order valence-corrected chi connectivity index (χ0v) is 10.9. The maximum atomic E-state index is 10.9. The molecule has 2 unspecified atom stereocenters. The van der Waals surface area contributed by atoms with Crippen LogP contribution in [0.2, 0.25) is 0 Å². The van der Waals surface area contributed by atoms with E-state index in [0.717, 1.165) is 25.1 Å². The Morgan fingerprint density at radius 1 is 1.31 bits per heavy atom. The first-order valence-electron chi connectivity index (χ1n) is 5.79. The van der Waals surface area contributed by atoms with Crippen molar-refractivity contribution in [2.75, 3.05) is 18.6 Å². The van der Waals surface area contributed by atoms with Crippen molar-refractivity contribution in [3.05, 3.63) is 35.9 Å². The Morgan fingerprint density at radius 3 is 2.56 bits per heavy atom. The van der Waals surface area contributed by atoms with E-state index in [1.54, 1.807) is 6.26 Å². The zero-order chi connectivity index (χ0) is 11.8. The Hall–Kier alpha value is -0.670. The van der Waals surface area contributed by atoms with Gasteiger partial charge in [-0.3, -0.25) is 4.21 Å². The minimum absolute atomic E-state index is 0.492. The molecule has 0 aliphatic rings. The molecule has 16 heavy (non-hydrogen) atoms. The number of benzene rings is 1. The minimum atomic E-state index is -0.693. The third kappa shape index (κ3) is 5.42. The van der Waals surface area contributed by atoms with Crippen molar-refractivity contribution >= 4 is 10.8 Å². The number of nitrogens with one attached hydrogen (secondary N) is 1. The Labute approximate surface area is 101 Å². The first-order chi connectivity index (χ1) is 7.72. The Morgan fingerprint density at radius 2 is 2.00 bits per heavy atom. The molecular weight excluding hydrogens is 218 g/mol. The molecule has 1 rings (SSSR count). The summed E-state index contributed by atoms with van der Waals surface area (Å²) < 4.78 is 10.9. The van der Waals surface area contributed by atoms with Crippen LogP contribution >= 0.6 is 0 Å². The molecule has 1 N–H and O–H groups in total. The summed E-state index contributed by atoms with van der Waals surface area (Å²) in [5, 5.41) is 3.46. The van der Waals surface area contributed by atoms with Crippen molar-refractivity contribution in [3.63, 3.8) is 0 Å². The standard InChI is InChI=1S/C13H21NOS/c1-3-13(14-9-10-16(2)15)11-12-7-5-4-6-8-12/h4-8,13-14H,3,9-11H2,1-2H3. The minimum Gasteiger partial charge on any atom is -0.313 e. The van der Waals surface area contributed by atoms with Crippen LogP contribution in [-0.2, 0) is 17.2 Å². The quantitative estimate of drug-likeness (QED) is 0.788. The van der Waals surface area contributed by atoms with E-state index in [1.807, 2.05) is 6.07 Å². The highest BCUT2D eigenvalue weighted by molar-refractivity contribution is 7.84. The van der Waals surface area contributed by atoms with Gasteiger partial charge in [-0.2, -0.15) is 0 Å². The predicted octanol–water partition coefficient (Wildman–Crippen LogP) is 1.98. The van der Waals surface area contributed by atoms with Crippen LogP contribution < -0.4 is 5.32 Å². The fourth-order valence-electron chi connectivity index (χ4n) is 1.67. The topological polar surface area (TPSA) is 29.1 Å². The Balaban J connectivity index is 2.34. The average Bonchev–Trinajstić information content (AvgIpc) is 2.28. The van der Waals surface area contributed by atoms with Crippen LogP contribution in [0, 0.1) is 0 Å². The van der Waals surface area contributed by atoms with Gasteiger partial charge in [0.2, 0.25) is 0 Å². The van der Waals surface area contributed by atoms with Gasteiger partial charge in [0.05, 0.1) is 0 Å². The van der Waals surface area contributed by atoms with E-state index < -0.39 is 10.8 Å². The third-order valence-electron chi connectivity index (χ3n) is 2.64. The van der Waals surface area contributed by atoms with Crippen molar-refractivity contribution in [2.24, 2.45) is 0 Å². The highest BCUT2D eigenvalue weighted by Crippen LogP contribution is 2.05. The SMILES string of the molecule is CCC(Cc1ccccc1)NCCS(C)=O. The summed E-state index contributed by atoms with van der Waals surface area (Å²) in [5.41, 5.74) is 1.36. The second kappa shape index (κ2) is 7.58. The van der Waals surface area contributed by atoms with Gasteiger partial charge in [-0.15, -0.1) is 0 Å². The summed E-state index contributed by atoms with van der Waals surface area (Å²) >= 11 is 0. The maximum absolute atomic E-state index is 10.9. The molecule has 2 nitrogen and oxygen atoms in total. The molecular formula is C13H21NOS. The molecule has 3 heteroatoms. The summed E-state index contributed by atoms with van der Waals surface area (Å²) in [6.07, 6.45) is 3.90. The smallest absolute Gasteiger partial charge is 0.0357 e. The van der Waals surface area contributed by atoms with Crippen LogP contribution in [0.5, 0.6) is 0 Å². The van der Waals surface area contributed by atoms with Gasteiger partial charge in [0.1, 0.15) is 0 Å². The van der Waals surface area contributed by atoms with Crippen molar-refractivity contribution in [1.82, 2.24) is 5.32 Å². The van der Waals surface area contributed by atoms with Gasteiger partial charge in [-0.1, -0.05) is 37.3 Å². The van der Waals surface area contributed by atoms with Crippen molar-refractivity contribution < 1.29 is 4.21 Å². The van der Waals surface area contributed by atoms with E-state index in [1.165, 1.54) is 5.56 Å². The first kappa shape index (κ1) is 13.4. The van der Waals surface area contributed by atoms with Crippen molar-refractivity contribution in [1.29, 1.82) is 0 Å². The van der Waals surface area contributed by atoms with Gasteiger partial charge in [0.25, 0.3) is 0 Å². The zero-order valence-electron chi connectivity index (χ0n) is 10.1. The molecule has 90 valence electrons.